The van der Waals surface area contributed by atoms with Crippen LogP contribution in [0.2, 0.25) is 0 Å². The Labute approximate surface area is 96.9 Å². The lowest BCUT2D eigenvalue weighted by Gasteiger charge is -2.02. The van der Waals surface area contributed by atoms with Crippen molar-refractivity contribution in [3.63, 3.8) is 0 Å². The number of hydrogen-bond acceptors (Lipinski definition) is 2. The summed E-state index contributed by atoms with van der Waals surface area (Å²) in [6.45, 7) is 4.45. The highest BCUT2D eigenvalue weighted by Gasteiger charge is 1.98. The van der Waals surface area contributed by atoms with E-state index in [0.29, 0.717) is 12.2 Å². The fraction of sp³-hybridized carbons (Fsp3) is 0.214. The Morgan fingerprint density at radius 3 is 2.31 bits per heavy atom. The van der Waals surface area contributed by atoms with Gasteiger partial charge in [0.15, 0.2) is 0 Å². The van der Waals surface area contributed by atoms with Gasteiger partial charge in [0.2, 0.25) is 0 Å². The summed E-state index contributed by atoms with van der Waals surface area (Å²) < 4.78 is 4.84. The number of carbonyl (C=O) groups is 1. The molecular formula is C14H18O2. The Kier molecular flexibility index (Phi) is 6.61. The molecule has 0 saturated heterocycles. The van der Waals surface area contributed by atoms with E-state index in [2.05, 4.69) is 0 Å². The zero-order valence-electron chi connectivity index (χ0n) is 8.94. The van der Waals surface area contributed by atoms with Crippen molar-refractivity contribution >= 4 is 17.2 Å². The van der Waals surface area contributed by atoms with Gasteiger partial charge in [0.1, 0.15) is 5.75 Å². The molecule has 16 heavy (non-hydrogen) atoms. The van der Waals surface area contributed by atoms with E-state index in [1.807, 2.05) is 50.2 Å². The first-order valence-corrected chi connectivity index (χ1v) is 5.00. The molecule has 0 bridgehead atoms. The van der Waals surface area contributed by atoms with Gasteiger partial charge in [-0.2, -0.15) is 0 Å². The van der Waals surface area contributed by atoms with Gasteiger partial charge in [-0.1, -0.05) is 57.7 Å². The van der Waals surface area contributed by atoms with E-state index in [1.165, 1.54) is 0 Å². The summed E-state index contributed by atoms with van der Waals surface area (Å²) in [5.41, 5.74) is 0. The molecule has 86 valence electrons. The normalized spacial score (nSPS) is 8.38. The van der Waals surface area contributed by atoms with Crippen molar-refractivity contribution < 1.29 is 9.53 Å². The molecule has 0 unspecified atom stereocenters. The number of rotatable bonds is 2. The summed E-state index contributed by atoms with van der Waals surface area (Å²) in [6.07, 6.45) is 0. The molecule has 0 fully saturated rings. The van der Waals surface area contributed by atoms with Gasteiger partial charge in [-0.3, -0.25) is 4.79 Å². The summed E-state index contributed by atoms with van der Waals surface area (Å²) in [4.78, 5) is 10.2. The minimum Gasteiger partial charge on any atom is -0.428 e. The zero-order valence-corrected chi connectivity index (χ0v) is 8.94. The van der Waals surface area contributed by atoms with E-state index >= 15 is 0 Å². The Hall–Kier alpha value is -1.83. The van der Waals surface area contributed by atoms with E-state index in [0.717, 1.165) is 10.8 Å². The molecule has 0 heterocycles. The van der Waals surface area contributed by atoms with E-state index in [4.69, 9.17) is 4.74 Å². The third-order valence-corrected chi connectivity index (χ3v) is 1.92. The summed E-state index contributed by atoms with van der Waals surface area (Å²) >= 11 is 0. The highest BCUT2D eigenvalue weighted by atomic mass is 16.5. The standard InChI is InChI=1S/C11H8O2.C2H6.CH4/c12-8-13-11-7-3-5-9-4-1-2-6-10(9)11;1-2;/h1-8H;1-2H3;1H4. The summed E-state index contributed by atoms with van der Waals surface area (Å²) in [7, 11) is 0. The second-order valence-electron chi connectivity index (χ2n) is 2.69. The smallest absolute Gasteiger partial charge is 0.298 e. The third kappa shape index (κ3) is 3.09. The second-order valence-corrected chi connectivity index (χ2v) is 2.69. The SMILES string of the molecule is C.CC.O=COc1cccc2ccccc12. The molecule has 0 aliphatic carbocycles. The molecule has 0 spiro atoms. The molecule has 0 aromatic heterocycles. The van der Waals surface area contributed by atoms with Crippen LogP contribution in [0, 0.1) is 0 Å². The van der Waals surface area contributed by atoms with Crippen molar-refractivity contribution in [1.29, 1.82) is 0 Å². The minimum absolute atomic E-state index is 0. The van der Waals surface area contributed by atoms with E-state index < -0.39 is 0 Å². The van der Waals surface area contributed by atoms with Crippen LogP contribution in [0.15, 0.2) is 42.5 Å². The lowest BCUT2D eigenvalue weighted by Crippen LogP contribution is -1.88. The largest absolute Gasteiger partial charge is 0.428 e. The van der Waals surface area contributed by atoms with Crippen molar-refractivity contribution in [1.82, 2.24) is 0 Å². The lowest BCUT2D eigenvalue weighted by molar-refractivity contribution is -0.120. The first-order valence-electron chi connectivity index (χ1n) is 5.00. The maximum absolute atomic E-state index is 10.2. The van der Waals surface area contributed by atoms with E-state index in [-0.39, 0.29) is 7.43 Å². The summed E-state index contributed by atoms with van der Waals surface area (Å²) in [5, 5.41) is 2.03. The minimum atomic E-state index is 0. The fourth-order valence-corrected chi connectivity index (χ4v) is 1.35. The molecule has 2 nitrogen and oxygen atoms in total. The molecule has 2 heteroatoms. The van der Waals surface area contributed by atoms with Gasteiger partial charge in [-0.25, -0.2) is 0 Å². The maximum atomic E-state index is 10.2. The van der Waals surface area contributed by atoms with Gasteiger partial charge in [0.05, 0.1) is 0 Å². The average Bonchev–Trinajstić information content (AvgIpc) is 2.33. The van der Waals surface area contributed by atoms with Gasteiger partial charge in [0, 0.05) is 5.39 Å². The predicted octanol–water partition coefficient (Wildman–Crippen LogP) is 4.04. The molecule has 0 amide bonds. The summed E-state index contributed by atoms with van der Waals surface area (Å²) in [5.74, 6) is 0.605. The van der Waals surface area contributed by atoms with Crippen molar-refractivity contribution in [2.45, 2.75) is 21.3 Å². The van der Waals surface area contributed by atoms with Crippen LogP contribution < -0.4 is 4.74 Å². The highest BCUT2D eigenvalue weighted by Crippen LogP contribution is 2.24. The number of hydrogen-bond donors (Lipinski definition) is 0. The van der Waals surface area contributed by atoms with Crippen LogP contribution in [-0.4, -0.2) is 6.47 Å². The molecule has 0 radical (unpaired) electrons. The fourth-order valence-electron chi connectivity index (χ4n) is 1.35. The Bertz CT molecular complexity index is 430. The van der Waals surface area contributed by atoms with E-state index in [1.54, 1.807) is 6.07 Å². The first kappa shape index (κ1) is 14.2. The summed E-state index contributed by atoms with van der Waals surface area (Å²) in [6, 6.07) is 13.4. The van der Waals surface area contributed by atoms with Crippen LogP contribution in [0.1, 0.15) is 21.3 Å². The van der Waals surface area contributed by atoms with Gasteiger partial charge >= 0.3 is 0 Å². The number of carbonyl (C=O) groups excluding carboxylic acids is 1. The maximum Gasteiger partial charge on any atom is 0.298 e. The van der Waals surface area contributed by atoms with Gasteiger partial charge in [0.25, 0.3) is 6.47 Å². The molecule has 2 aromatic carbocycles. The molecular weight excluding hydrogens is 200 g/mol. The van der Waals surface area contributed by atoms with Crippen LogP contribution in [-0.2, 0) is 4.79 Å². The number of benzene rings is 2. The molecule has 2 rings (SSSR count). The Morgan fingerprint density at radius 2 is 1.62 bits per heavy atom. The van der Waals surface area contributed by atoms with Crippen LogP contribution in [0.5, 0.6) is 5.75 Å². The monoisotopic (exact) mass is 218 g/mol. The molecule has 0 atom stereocenters. The molecule has 2 aromatic rings. The van der Waals surface area contributed by atoms with Crippen LogP contribution >= 0.6 is 0 Å². The number of ether oxygens (including phenoxy) is 1. The van der Waals surface area contributed by atoms with Crippen molar-refractivity contribution in [3.8, 4) is 5.75 Å². The van der Waals surface area contributed by atoms with Crippen LogP contribution in [0.4, 0.5) is 0 Å². The second kappa shape index (κ2) is 7.46. The number of fused-ring (bicyclic) bond motifs is 1. The predicted molar refractivity (Wildman–Crippen MR) is 68.7 cm³/mol. The third-order valence-electron chi connectivity index (χ3n) is 1.92. The topological polar surface area (TPSA) is 26.3 Å². The van der Waals surface area contributed by atoms with Crippen molar-refractivity contribution in [2.75, 3.05) is 0 Å². The van der Waals surface area contributed by atoms with Gasteiger partial charge in [-0.05, 0) is 11.5 Å². The molecule has 0 aliphatic rings. The Morgan fingerprint density at radius 1 is 1.00 bits per heavy atom. The quantitative estimate of drug-likeness (QED) is 0.711. The molecule has 0 N–H and O–H groups in total. The molecule has 0 aliphatic heterocycles. The van der Waals surface area contributed by atoms with E-state index in [9.17, 15) is 4.79 Å². The Balaban J connectivity index is 0.000000711. The van der Waals surface area contributed by atoms with Crippen molar-refractivity contribution in [2.24, 2.45) is 0 Å². The van der Waals surface area contributed by atoms with Gasteiger partial charge < -0.3 is 4.74 Å². The van der Waals surface area contributed by atoms with Gasteiger partial charge in [-0.15, -0.1) is 0 Å². The lowest BCUT2D eigenvalue weighted by atomic mass is 10.1. The van der Waals surface area contributed by atoms with Crippen LogP contribution in [0.3, 0.4) is 0 Å². The zero-order chi connectivity index (χ0) is 11.1. The highest BCUT2D eigenvalue weighted by molar-refractivity contribution is 5.88. The van der Waals surface area contributed by atoms with Crippen LogP contribution in [0.25, 0.3) is 10.8 Å². The first-order chi connectivity index (χ1) is 7.42. The van der Waals surface area contributed by atoms with Crippen molar-refractivity contribution in [3.05, 3.63) is 42.5 Å². The average molecular weight is 218 g/mol. The molecule has 0 saturated carbocycles.